The summed E-state index contributed by atoms with van der Waals surface area (Å²) in [5.41, 5.74) is 1.72. The number of rotatable bonds is 3. The lowest BCUT2D eigenvalue weighted by atomic mass is 10.1. The Morgan fingerprint density at radius 3 is 2.67 bits per heavy atom. The summed E-state index contributed by atoms with van der Waals surface area (Å²) in [7, 11) is 0. The Kier molecular flexibility index (Phi) is 2.89. The Morgan fingerprint density at radius 1 is 1.53 bits per heavy atom. The molecule has 1 fully saturated rings. The molecule has 0 bridgehead atoms. The maximum atomic E-state index is 5.98. The first kappa shape index (κ1) is 10.8. The quantitative estimate of drug-likeness (QED) is 0.735. The van der Waals surface area contributed by atoms with Crippen LogP contribution in [0.3, 0.4) is 0 Å². The summed E-state index contributed by atoms with van der Waals surface area (Å²) >= 11 is 11.9. The molecule has 1 aliphatic rings. The van der Waals surface area contributed by atoms with Crippen molar-refractivity contribution in [2.75, 3.05) is 0 Å². The zero-order valence-electron chi connectivity index (χ0n) is 8.50. The van der Waals surface area contributed by atoms with Crippen LogP contribution in [0.2, 0.25) is 0 Å². The topological polar surface area (TPSA) is 17.8 Å². The molecule has 0 saturated heterocycles. The Hall–Kier alpha value is -0.730. The van der Waals surface area contributed by atoms with E-state index < -0.39 is 0 Å². The summed E-state index contributed by atoms with van der Waals surface area (Å²) in [6, 6.07) is 0.569. The van der Waals surface area contributed by atoms with Gasteiger partial charge in [0.05, 0.1) is 12.2 Å². The van der Waals surface area contributed by atoms with E-state index in [1.54, 1.807) is 13.1 Å². The highest BCUT2D eigenvalue weighted by Crippen LogP contribution is 2.36. The molecule has 1 aliphatic carbocycles. The van der Waals surface area contributed by atoms with Crippen molar-refractivity contribution in [1.82, 2.24) is 9.78 Å². The lowest BCUT2D eigenvalue weighted by Gasteiger charge is -2.03. The van der Waals surface area contributed by atoms with Gasteiger partial charge in [0, 0.05) is 27.4 Å². The molecule has 4 heteroatoms. The van der Waals surface area contributed by atoms with Crippen molar-refractivity contribution >= 4 is 28.8 Å². The highest BCUT2D eigenvalue weighted by atomic mass is 35.5. The summed E-state index contributed by atoms with van der Waals surface area (Å²) in [4.78, 5) is 0. The van der Waals surface area contributed by atoms with Gasteiger partial charge in [-0.3, -0.25) is 4.68 Å². The van der Waals surface area contributed by atoms with Gasteiger partial charge in [0.15, 0.2) is 0 Å². The van der Waals surface area contributed by atoms with Crippen LogP contribution in [0.15, 0.2) is 29.0 Å². The average molecular weight is 243 g/mol. The van der Waals surface area contributed by atoms with E-state index in [2.05, 4.69) is 11.7 Å². The van der Waals surface area contributed by atoms with Crippen LogP contribution in [0.4, 0.5) is 0 Å². The molecule has 15 heavy (non-hydrogen) atoms. The number of aromatic nitrogens is 2. The predicted molar refractivity (Wildman–Crippen MR) is 63.9 cm³/mol. The molecule has 2 nitrogen and oxygen atoms in total. The van der Waals surface area contributed by atoms with E-state index >= 15 is 0 Å². The minimum atomic E-state index is 0.456. The summed E-state index contributed by atoms with van der Waals surface area (Å²) in [5, 5.41) is 5.39. The maximum absolute atomic E-state index is 5.98. The van der Waals surface area contributed by atoms with Gasteiger partial charge in [-0.25, -0.2) is 0 Å². The van der Waals surface area contributed by atoms with Gasteiger partial charge < -0.3 is 0 Å². The first-order valence-corrected chi connectivity index (χ1v) is 5.61. The molecule has 1 aromatic heterocycles. The van der Waals surface area contributed by atoms with E-state index in [1.807, 2.05) is 10.9 Å². The van der Waals surface area contributed by atoms with Crippen LogP contribution < -0.4 is 0 Å². The summed E-state index contributed by atoms with van der Waals surface area (Å²) in [6.45, 7) is 5.51. The van der Waals surface area contributed by atoms with Crippen LogP contribution in [0, 0.1) is 0 Å². The molecule has 0 amide bonds. The van der Waals surface area contributed by atoms with Crippen molar-refractivity contribution in [1.29, 1.82) is 0 Å². The zero-order chi connectivity index (χ0) is 11.0. The van der Waals surface area contributed by atoms with Crippen LogP contribution in [0.1, 0.15) is 31.4 Å². The van der Waals surface area contributed by atoms with Crippen LogP contribution in [0.5, 0.6) is 0 Å². The highest BCUT2D eigenvalue weighted by Gasteiger charge is 2.24. The van der Waals surface area contributed by atoms with Gasteiger partial charge in [0.1, 0.15) is 0 Å². The van der Waals surface area contributed by atoms with Crippen molar-refractivity contribution in [3.8, 4) is 0 Å². The third-order valence-corrected chi connectivity index (χ3v) is 2.80. The van der Waals surface area contributed by atoms with E-state index in [4.69, 9.17) is 23.2 Å². The fourth-order valence-corrected chi connectivity index (χ4v) is 2.07. The van der Waals surface area contributed by atoms with E-state index in [9.17, 15) is 0 Å². The van der Waals surface area contributed by atoms with Gasteiger partial charge in [0.25, 0.3) is 0 Å². The molecule has 80 valence electrons. The van der Waals surface area contributed by atoms with Gasteiger partial charge in [-0.2, -0.15) is 5.10 Å². The molecule has 0 atom stereocenters. The Labute approximate surface area is 99.2 Å². The molecule has 2 rings (SSSR count). The number of allylic oxidation sites excluding steroid dienone is 3. The number of nitrogens with zero attached hydrogens (tertiary/aromatic N) is 2. The highest BCUT2D eigenvalue weighted by molar-refractivity contribution is 6.41. The lowest BCUT2D eigenvalue weighted by Crippen LogP contribution is -1.92. The first-order valence-electron chi connectivity index (χ1n) is 4.85. The van der Waals surface area contributed by atoms with Crippen LogP contribution in [-0.4, -0.2) is 9.78 Å². The third-order valence-electron chi connectivity index (χ3n) is 2.43. The fourth-order valence-electron chi connectivity index (χ4n) is 1.55. The van der Waals surface area contributed by atoms with Gasteiger partial charge in [-0.15, -0.1) is 0 Å². The Balaban J connectivity index is 2.34. The molecule has 0 aromatic carbocycles. The molecule has 1 heterocycles. The smallest absolute Gasteiger partial charge is 0.0569 e. The second-order valence-corrected chi connectivity index (χ2v) is 4.78. The largest absolute Gasteiger partial charge is 0.269 e. The Bertz CT molecular complexity index is 424. The molecule has 0 radical (unpaired) electrons. The van der Waals surface area contributed by atoms with Crippen molar-refractivity contribution in [2.24, 2.45) is 0 Å². The van der Waals surface area contributed by atoms with E-state index in [0.29, 0.717) is 16.1 Å². The van der Waals surface area contributed by atoms with E-state index in [1.165, 1.54) is 12.8 Å². The van der Waals surface area contributed by atoms with Crippen molar-refractivity contribution in [3.05, 3.63) is 34.6 Å². The number of hydrogen-bond acceptors (Lipinski definition) is 1. The normalized spacial score (nSPS) is 17.5. The minimum Gasteiger partial charge on any atom is -0.269 e. The van der Waals surface area contributed by atoms with Gasteiger partial charge in [-0.1, -0.05) is 29.8 Å². The summed E-state index contributed by atoms with van der Waals surface area (Å²) < 4.78 is 1.97. The standard InChI is InChI=1S/C11H12Cl2N2/c1-7(12)11(8(2)13)9-5-14-15(6-9)10-3-4-10/h5-6,10H,1,3-4H2,2H3/b11-8-. The van der Waals surface area contributed by atoms with Gasteiger partial charge in [-0.05, 0) is 19.8 Å². The molecule has 0 N–H and O–H groups in total. The van der Waals surface area contributed by atoms with Gasteiger partial charge >= 0.3 is 0 Å². The number of halogens is 2. The van der Waals surface area contributed by atoms with Crippen LogP contribution >= 0.6 is 23.2 Å². The van der Waals surface area contributed by atoms with Crippen LogP contribution in [-0.2, 0) is 0 Å². The third kappa shape index (κ3) is 2.27. The van der Waals surface area contributed by atoms with Crippen molar-refractivity contribution in [2.45, 2.75) is 25.8 Å². The SMILES string of the molecule is C=C(Cl)/C(=C(\C)Cl)c1cnn(C2CC2)c1. The first-order chi connectivity index (χ1) is 7.09. The molecular weight excluding hydrogens is 231 g/mol. The zero-order valence-corrected chi connectivity index (χ0v) is 10.0. The molecule has 0 spiro atoms. The minimum absolute atomic E-state index is 0.456. The van der Waals surface area contributed by atoms with E-state index in [0.717, 1.165) is 11.1 Å². The molecular formula is C11H12Cl2N2. The van der Waals surface area contributed by atoms with Crippen molar-refractivity contribution in [3.63, 3.8) is 0 Å². The maximum Gasteiger partial charge on any atom is 0.0569 e. The molecule has 1 saturated carbocycles. The number of hydrogen-bond donors (Lipinski definition) is 0. The fraction of sp³-hybridized carbons (Fsp3) is 0.364. The van der Waals surface area contributed by atoms with Gasteiger partial charge in [0.2, 0.25) is 0 Å². The molecule has 1 aromatic rings. The monoisotopic (exact) mass is 242 g/mol. The molecule has 0 aliphatic heterocycles. The Morgan fingerprint density at radius 2 is 2.20 bits per heavy atom. The summed E-state index contributed by atoms with van der Waals surface area (Å²) in [6.07, 6.45) is 6.18. The summed E-state index contributed by atoms with van der Waals surface area (Å²) in [5.74, 6) is 0. The predicted octanol–water partition coefficient (Wildman–Crippen LogP) is 3.94. The van der Waals surface area contributed by atoms with E-state index in [-0.39, 0.29) is 0 Å². The second-order valence-electron chi connectivity index (χ2n) is 3.75. The van der Waals surface area contributed by atoms with Crippen molar-refractivity contribution < 1.29 is 0 Å². The lowest BCUT2D eigenvalue weighted by molar-refractivity contribution is 0.641. The molecule has 0 unspecified atom stereocenters. The van der Waals surface area contributed by atoms with Crippen LogP contribution in [0.25, 0.3) is 5.57 Å². The second kappa shape index (κ2) is 4.03. The average Bonchev–Trinajstić information content (AvgIpc) is 2.87.